The number of hydrogen-bond donors (Lipinski definition) is 1. The van der Waals surface area contributed by atoms with E-state index in [1.54, 1.807) is 0 Å². The van der Waals surface area contributed by atoms with Crippen LogP contribution in [0, 0.1) is 0 Å². The van der Waals surface area contributed by atoms with Crippen LogP contribution in [0.2, 0.25) is 0 Å². The highest BCUT2D eigenvalue weighted by Crippen LogP contribution is 2.17. The highest BCUT2D eigenvalue weighted by molar-refractivity contribution is 5.92. The second-order valence-electron chi connectivity index (χ2n) is 4.27. The van der Waals surface area contributed by atoms with Gasteiger partial charge in [-0.15, -0.1) is 0 Å². The lowest BCUT2D eigenvalue weighted by Crippen LogP contribution is -2.34. The third-order valence-electron chi connectivity index (χ3n) is 1.78. The summed E-state index contributed by atoms with van der Waals surface area (Å²) in [6.07, 6.45) is 4.94. The Morgan fingerprint density at radius 3 is 2.69 bits per heavy atom. The predicted octanol–water partition coefficient (Wildman–Crippen LogP) is 1.94. The monoisotopic (exact) mass is 183 g/mol. The fourth-order valence-electron chi connectivity index (χ4n) is 1.14. The normalized spacial score (nSPS) is 17.0. The minimum atomic E-state index is -0.325. The second-order valence-corrected chi connectivity index (χ2v) is 4.27. The molecule has 0 atom stereocenters. The van der Waals surface area contributed by atoms with Crippen LogP contribution < -0.4 is 5.48 Å². The van der Waals surface area contributed by atoms with E-state index >= 15 is 0 Å². The summed E-state index contributed by atoms with van der Waals surface area (Å²) in [7, 11) is 0. The molecule has 0 aromatic rings. The van der Waals surface area contributed by atoms with Gasteiger partial charge in [0.05, 0.1) is 5.60 Å². The van der Waals surface area contributed by atoms with Gasteiger partial charge >= 0.3 is 0 Å². The fraction of sp³-hybridized carbons (Fsp3) is 0.700. The number of rotatable bonds is 2. The molecule has 0 spiro atoms. The maximum Gasteiger partial charge on any atom is 0.270 e. The van der Waals surface area contributed by atoms with E-state index in [0.29, 0.717) is 0 Å². The molecular formula is C10H17NO2. The summed E-state index contributed by atoms with van der Waals surface area (Å²) in [4.78, 5) is 16.6. The molecule has 74 valence electrons. The van der Waals surface area contributed by atoms with E-state index in [-0.39, 0.29) is 11.5 Å². The molecular weight excluding hydrogens is 166 g/mol. The van der Waals surface area contributed by atoms with E-state index < -0.39 is 0 Å². The van der Waals surface area contributed by atoms with Crippen LogP contribution in [0.1, 0.15) is 40.0 Å². The number of allylic oxidation sites excluding steroid dienone is 1. The van der Waals surface area contributed by atoms with Crippen molar-refractivity contribution < 1.29 is 9.63 Å². The second kappa shape index (κ2) is 3.92. The van der Waals surface area contributed by atoms with E-state index in [9.17, 15) is 4.79 Å². The van der Waals surface area contributed by atoms with Crippen molar-refractivity contribution >= 4 is 5.91 Å². The van der Waals surface area contributed by atoms with Gasteiger partial charge in [-0.1, -0.05) is 6.08 Å². The van der Waals surface area contributed by atoms with Gasteiger partial charge in [0.15, 0.2) is 0 Å². The lowest BCUT2D eigenvalue weighted by molar-refractivity contribution is -0.141. The van der Waals surface area contributed by atoms with Crippen molar-refractivity contribution in [3.05, 3.63) is 11.6 Å². The molecule has 0 heterocycles. The first-order valence-corrected chi connectivity index (χ1v) is 4.66. The quantitative estimate of drug-likeness (QED) is 0.664. The molecule has 0 aliphatic heterocycles. The number of amides is 1. The van der Waals surface area contributed by atoms with Crippen LogP contribution in [0.4, 0.5) is 0 Å². The summed E-state index contributed by atoms with van der Waals surface area (Å²) < 4.78 is 0. The summed E-state index contributed by atoms with van der Waals surface area (Å²) in [5.41, 5.74) is 2.98. The SMILES string of the molecule is CC(C)(C)ONC(=O)C1=CCCC1. The molecule has 1 N–H and O–H groups in total. The van der Waals surface area contributed by atoms with Crippen LogP contribution in [-0.4, -0.2) is 11.5 Å². The standard InChI is InChI=1S/C10H17NO2/c1-10(2,3)13-11-9(12)8-6-4-5-7-8/h6H,4-5,7H2,1-3H3,(H,11,12). The Balaban J connectivity index is 2.33. The van der Waals surface area contributed by atoms with E-state index in [1.165, 1.54) is 0 Å². The molecule has 3 heteroatoms. The molecule has 3 nitrogen and oxygen atoms in total. The van der Waals surface area contributed by atoms with Crippen LogP contribution >= 0.6 is 0 Å². The van der Waals surface area contributed by atoms with Crippen LogP contribution in [0.25, 0.3) is 0 Å². The van der Waals surface area contributed by atoms with E-state index in [0.717, 1.165) is 24.8 Å². The molecule has 0 bridgehead atoms. The average molecular weight is 183 g/mol. The molecule has 13 heavy (non-hydrogen) atoms. The van der Waals surface area contributed by atoms with Gasteiger partial charge in [0.1, 0.15) is 0 Å². The van der Waals surface area contributed by atoms with Gasteiger partial charge in [-0.2, -0.15) is 0 Å². The third-order valence-corrected chi connectivity index (χ3v) is 1.78. The Morgan fingerprint density at radius 1 is 1.54 bits per heavy atom. The first-order chi connectivity index (χ1) is 5.99. The van der Waals surface area contributed by atoms with Crippen molar-refractivity contribution in [2.45, 2.75) is 45.6 Å². The van der Waals surface area contributed by atoms with Gasteiger partial charge in [-0.3, -0.25) is 9.63 Å². The van der Waals surface area contributed by atoms with Crippen molar-refractivity contribution in [3.63, 3.8) is 0 Å². The number of hydrogen-bond acceptors (Lipinski definition) is 2. The smallest absolute Gasteiger partial charge is 0.268 e. The van der Waals surface area contributed by atoms with Gasteiger partial charge in [0, 0.05) is 5.57 Å². The molecule has 1 rings (SSSR count). The average Bonchev–Trinajstić information content (AvgIpc) is 2.50. The van der Waals surface area contributed by atoms with E-state index in [2.05, 4.69) is 5.48 Å². The van der Waals surface area contributed by atoms with Gasteiger partial charge in [-0.25, -0.2) is 5.48 Å². The summed E-state index contributed by atoms with van der Waals surface area (Å²) >= 11 is 0. The van der Waals surface area contributed by atoms with E-state index in [4.69, 9.17) is 4.84 Å². The zero-order chi connectivity index (χ0) is 9.90. The maximum atomic E-state index is 11.4. The zero-order valence-corrected chi connectivity index (χ0v) is 8.52. The van der Waals surface area contributed by atoms with Crippen LogP contribution in [0.5, 0.6) is 0 Å². The molecule has 1 aliphatic rings. The Bertz CT molecular complexity index is 226. The topological polar surface area (TPSA) is 38.3 Å². The molecule has 0 fully saturated rings. The maximum absolute atomic E-state index is 11.4. The molecule has 0 aromatic heterocycles. The molecule has 0 saturated heterocycles. The lowest BCUT2D eigenvalue weighted by atomic mass is 10.2. The van der Waals surface area contributed by atoms with Gasteiger partial charge < -0.3 is 0 Å². The van der Waals surface area contributed by atoms with Gasteiger partial charge in [-0.05, 0) is 40.0 Å². The van der Waals surface area contributed by atoms with Crippen molar-refractivity contribution in [1.29, 1.82) is 0 Å². The van der Waals surface area contributed by atoms with Crippen LogP contribution in [0.3, 0.4) is 0 Å². The minimum Gasteiger partial charge on any atom is -0.268 e. The molecule has 0 aromatic carbocycles. The summed E-state index contributed by atoms with van der Waals surface area (Å²) in [5.74, 6) is -0.0903. The first-order valence-electron chi connectivity index (χ1n) is 4.66. The highest BCUT2D eigenvalue weighted by Gasteiger charge is 2.16. The van der Waals surface area contributed by atoms with Crippen molar-refractivity contribution in [2.24, 2.45) is 0 Å². The summed E-state index contributed by atoms with van der Waals surface area (Å²) in [5, 5.41) is 0. The molecule has 1 aliphatic carbocycles. The van der Waals surface area contributed by atoms with Crippen LogP contribution in [0.15, 0.2) is 11.6 Å². The zero-order valence-electron chi connectivity index (χ0n) is 8.52. The summed E-state index contributed by atoms with van der Waals surface area (Å²) in [6.45, 7) is 5.70. The lowest BCUT2D eigenvalue weighted by Gasteiger charge is -2.19. The molecule has 0 unspecified atom stereocenters. The third kappa shape index (κ3) is 3.59. The van der Waals surface area contributed by atoms with Crippen molar-refractivity contribution in [1.82, 2.24) is 5.48 Å². The Morgan fingerprint density at radius 2 is 2.23 bits per heavy atom. The number of carbonyl (C=O) groups excluding carboxylic acids is 1. The minimum absolute atomic E-state index is 0.0903. The highest BCUT2D eigenvalue weighted by atomic mass is 16.7. The Hall–Kier alpha value is -0.830. The number of carbonyl (C=O) groups is 1. The number of hydroxylamine groups is 1. The predicted molar refractivity (Wildman–Crippen MR) is 50.9 cm³/mol. The summed E-state index contributed by atoms with van der Waals surface area (Å²) in [6, 6.07) is 0. The number of nitrogens with one attached hydrogen (secondary N) is 1. The first kappa shape index (κ1) is 10.3. The van der Waals surface area contributed by atoms with Crippen molar-refractivity contribution in [2.75, 3.05) is 0 Å². The Labute approximate surface area is 79.1 Å². The molecule has 0 saturated carbocycles. The van der Waals surface area contributed by atoms with Crippen molar-refractivity contribution in [3.8, 4) is 0 Å². The van der Waals surface area contributed by atoms with Crippen LogP contribution in [-0.2, 0) is 9.63 Å². The molecule has 1 amide bonds. The van der Waals surface area contributed by atoms with Gasteiger partial charge in [0.25, 0.3) is 5.91 Å². The fourth-order valence-corrected chi connectivity index (χ4v) is 1.14. The van der Waals surface area contributed by atoms with E-state index in [1.807, 2.05) is 26.8 Å². The van der Waals surface area contributed by atoms with Gasteiger partial charge in [0.2, 0.25) is 0 Å². The largest absolute Gasteiger partial charge is 0.270 e. The Kier molecular flexibility index (Phi) is 3.09. The molecule has 0 radical (unpaired) electrons.